The second-order valence-electron chi connectivity index (χ2n) is 7.33. The summed E-state index contributed by atoms with van der Waals surface area (Å²) in [6, 6.07) is 20.1. The van der Waals surface area contributed by atoms with E-state index >= 15 is 0 Å². The van der Waals surface area contributed by atoms with E-state index in [-0.39, 0.29) is 18.5 Å². The molecule has 3 aromatic rings. The second-order valence-corrected chi connectivity index (χ2v) is 7.33. The fourth-order valence-corrected chi connectivity index (χ4v) is 3.14. The Balaban J connectivity index is 1.52. The number of nitrogens with one attached hydrogen (secondary N) is 2. The Morgan fingerprint density at radius 2 is 1.62 bits per heavy atom. The molecule has 32 heavy (non-hydrogen) atoms. The zero-order valence-electron chi connectivity index (χ0n) is 17.9. The molecule has 166 valence electrons. The van der Waals surface area contributed by atoms with E-state index in [9.17, 15) is 14.0 Å². The molecular formula is C25H25FN2O4. The third-order valence-corrected chi connectivity index (χ3v) is 4.65. The highest BCUT2D eigenvalue weighted by atomic mass is 19.1. The predicted octanol–water partition coefficient (Wildman–Crippen LogP) is 4.10. The van der Waals surface area contributed by atoms with Crippen LogP contribution in [0, 0.1) is 5.82 Å². The van der Waals surface area contributed by atoms with Crippen LogP contribution in [0.1, 0.15) is 18.1 Å². The Kier molecular flexibility index (Phi) is 7.80. The minimum absolute atomic E-state index is 0.191. The molecule has 0 radical (unpaired) electrons. The molecule has 3 aromatic carbocycles. The number of rotatable bonds is 8. The molecule has 0 saturated carbocycles. The normalized spacial score (nSPS) is 11.3. The number of anilines is 1. The lowest BCUT2D eigenvalue weighted by molar-refractivity contribution is -0.136. The summed E-state index contributed by atoms with van der Waals surface area (Å²) in [6.07, 6.45) is 0.559. The standard InChI is InChI=1S/C25H25FN2O4/c1-17(12-18-6-4-10-22(14-18)31-2)27-24(29)25(30)28-21-9-3-7-19(13-21)16-32-23-11-5-8-20(26)15-23/h3-11,13-15,17H,12,16H2,1-2H3,(H,27,29)(H,28,30). The number of carbonyl (C=O) groups is 2. The van der Waals surface area contributed by atoms with E-state index < -0.39 is 11.8 Å². The number of amides is 2. The number of halogens is 1. The van der Waals surface area contributed by atoms with Gasteiger partial charge in [-0.25, -0.2) is 4.39 Å². The van der Waals surface area contributed by atoms with Crippen molar-refractivity contribution in [3.05, 3.63) is 89.7 Å². The average molecular weight is 436 g/mol. The van der Waals surface area contributed by atoms with Gasteiger partial charge >= 0.3 is 11.8 Å². The summed E-state index contributed by atoms with van der Waals surface area (Å²) in [5.74, 6) is -0.716. The molecule has 0 aliphatic carbocycles. The van der Waals surface area contributed by atoms with Crippen LogP contribution in [-0.4, -0.2) is 25.0 Å². The maximum absolute atomic E-state index is 13.3. The summed E-state index contributed by atoms with van der Waals surface area (Å²) in [5, 5.41) is 5.29. The Bertz CT molecular complexity index is 1090. The van der Waals surface area contributed by atoms with E-state index in [1.165, 1.54) is 12.1 Å². The summed E-state index contributed by atoms with van der Waals surface area (Å²) < 4.78 is 24.0. The van der Waals surface area contributed by atoms with Gasteiger partial charge in [-0.05, 0) is 60.9 Å². The third-order valence-electron chi connectivity index (χ3n) is 4.65. The molecule has 1 unspecified atom stereocenters. The number of benzene rings is 3. The number of methoxy groups -OCH3 is 1. The van der Waals surface area contributed by atoms with Crippen LogP contribution < -0.4 is 20.1 Å². The Hall–Kier alpha value is -3.87. The summed E-state index contributed by atoms with van der Waals surface area (Å²) in [7, 11) is 1.59. The van der Waals surface area contributed by atoms with Gasteiger partial charge < -0.3 is 20.1 Å². The molecule has 0 fully saturated rings. The van der Waals surface area contributed by atoms with Crippen LogP contribution in [0.5, 0.6) is 11.5 Å². The van der Waals surface area contributed by atoms with Gasteiger partial charge in [-0.3, -0.25) is 9.59 Å². The highest BCUT2D eigenvalue weighted by Crippen LogP contribution is 2.17. The molecular weight excluding hydrogens is 411 g/mol. The van der Waals surface area contributed by atoms with Crippen LogP contribution in [0.3, 0.4) is 0 Å². The van der Waals surface area contributed by atoms with Gasteiger partial charge in [0.05, 0.1) is 7.11 Å². The third kappa shape index (κ3) is 6.84. The zero-order valence-corrected chi connectivity index (χ0v) is 17.9. The summed E-state index contributed by atoms with van der Waals surface area (Å²) >= 11 is 0. The van der Waals surface area contributed by atoms with Crippen LogP contribution >= 0.6 is 0 Å². The molecule has 2 amide bonds. The summed E-state index contributed by atoms with van der Waals surface area (Å²) in [5.41, 5.74) is 2.22. The topological polar surface area (TPSA) is 76.7 Å². The predicted molar refractivity (Wildman–Crippen MR) is 120 cm³/mol. The van der Waals surface area contributed by atoms with Crippen LogP contribution in [-0.2, 0) is 22.6 Å². The number of hydrogen-bond donors (Lipinski definition) is 2. The summed E-state index contributed by atoms with van der Waals surface area (Å²) in [6.45, 7) is 2.02. The minimum atomic E-state index is -0.759. The van der Waals surface area contributed by atoms with Crippen molar-refractivity contribution in [2.75, 3.05) is 12.4 Å². The van der Waals surface area contributed by atoms with Crippen molar-refractivity contribution in [2.24, 2.45) is 0 Å². The average Bonchev–Trinajstić information content (AvgIpc) is 2.78. The number of carbonyl (C=O) groups excluding carboxylic acids is 2. The molecule has 0 aromatic heterocycles. The number of ether oxygens (including phenoxy) is 2. The highest BCUT2D eigenvalue weighted by molar-refractivity contribution is 6.39. The van der Waals surface area contributed by atoms with Crippen molar-refractivity contribution in [3.8, 4) is 11.5 Å². The Morgan fingerprint density at radius 1 is 0.906 bits per heavy atom. The fourth-order valence-electron chi connectivity index (χ4n) is 3.14. The van der Waals surface area contributed by atoms with E-state index in [2.05, 4.69) is 10.6 Å². The van der Waals surface area contributed by atoms with Crippen molar-refractivity contribution in [3.63, 3.8) is 0 Å². The van der Waals surface area contributed by atoms with Crippen molar-refractivity contribution < 1.29 is 23.5 Å². The van der Waals surface area contributed by atoms with Crippen LogP contribution in [0.15, 0.2) is 72.8 Å². The second kappa shape index (κ2) is 10.9. The molecule has 0 aliphatic rings. The largest absolute Gasteiger partial charge is 0.497 e. The van der Waals surface area contributed by atoms with Gasteiger partial charge in [-0.15, -0.1) is 0 Å². The van der Waals surface area contributed by atoms with Gasteiger partial charge in [0.15, 0.2) is 0 Å². The molecule has 0 aliphatic heterocycles. The molecule has 0 spiro atoms. The molecule has 0 bridgehead atoms. The van der Waals surface area contributed by atoms with Gasteiger partial charge in [0.1, 0.15) is 23.9 Å². The monoisotopic (exact) mass is 436 g/mol. The number of hydrogen-bond acceptors (Lipinski definition) is 4. The molecule has 0 saturated heterocycles. The Labute approximate surface area is 186 Å². The summed E-state index contributed by atoms with van der Waals surface area (Å²) in [4.78, 5) is 24.6. The van der Waals surface area contributed by atoms with Gasteiger partial charge in [-0.2, -0.15) is 0 Å². The fraction of sp³-hybridized carbons (Fsp3) is 0.200. The van der Waals surface area contributed by atoms with E-state index in [0.717, 1.165) is 16.9 Å². The van der Waals surface area contributed by atoms with Gasteiger partial charge in [-0.1, -0.05) is 30.3 Å². The van der Waals surface area contributed by atoms with Crippen molar-refractivity contribution >= 4 is 17.5 Å². The highest BCUT2D eigenvalue weighted by Gasteiger charge is 2.17. The van der Waals surface area contributed by atoms with Gasteiger partial charge in [0, 0.05) is 17.8 Å². The first kappa shape index (κ1) is 22.8. The lowest BCUT2D eigenvalue weighted by atomic mass is 10.1. The van der Waals surface area contributed by atoms with E-state index in [1.807, 2.05) is 37.3 Å². The van der Waals surface area contributed by atoms with Gasteiger partial charge in [0.25, 0.3) is 0 Å². The van der Waals surface area contributed by atoms with E-state index in [0.29, 0.717) is 17.9 Å². The molecule has 0 heterocycles. The first-order valence-electron chi connectivity index (χ1n) is 10.1. The molecule has 2 N–H and O–H groups in total. The maximum Gasteiger partial charge on any atom is 0.313 e. The smallest absolute Gasteiger partial charge is 0.313 e. The first-order chi connectivity index (χ1) is 15.4. The van der Waals surface area contributed by atoms with Crippen molar-refractivity contribution in [1.82, 2.24) is 5.32 Å². The first-order valence-corrected chi connectivity index (χ1v) is 10.1. The van der Waals surface area contributed by atoms with Crippen molar-refractivity contribution in [2.45, 2.75) is 26.0 Å². The lowest BCUT2D eigenvalue weighted by Gasteiger charge is -2.14. The van der Waals surface area contributed by atoms with Crippen LogP contribution in [0.25, 0.3) is 0 Å². The quantitative estimate of drug-likeness (QED) is 0.522. The Morgan fingerprint density at radius 3 is 2.41 bits per heavy atom. The molecule has 6 nitrogen and oxygen atoms in total. The van der Waals surface area contributed by atoms with Crippen molar-refractivity contribution in [1.29, 1.82) is 0 Å². The van der Waals surface area contributed by atoms with Crippen LogP contribution in [0.2, 0.25) is 0 Å². The minimum Gasteiger partial charge on any atom is -0.497 e. The molecule has 3 rings (SSSR count). The lowest BCUT2D eigenvalue weighted by Crippen LogP contribution is -2.41. The van der Waals surface area contributed by atoms with Crippen LogP contribution in [0.4, 0.5) is 10.1 Å². The zero-order chi connectivity index (χ0) is 22.9. The SMILES string of the molecule is COc1cccc(CC(C)NC(=O)C(=O)Nc2cccc(COc3cccc(F)c3)c2)c1. The van der Waals surface area contributed by atoms with Gasteiger partial charge in [0.2, 0.25) is 0 Å². The molecule has 1 atom stereocenters. The maximum atomic E-state index is 13.3. The molecule has 7 heteroatoms. The van der Waals surface area contributed by atoms with E-state index in [4.69, 9.17) is 9.47 Å². The van der Waals surface area contributed by atoms with E-state index in [1.54, 1.807) is 37.4 Å².